The fraction of sp³-hybridized carbons (Fsp3) is 0.214. The number of nitrogens with zero attached hydrogens (tertiary/aromatic N) is 2. The standard InChI is InChI=1S/C14H15ClN4O/c1-8(2)6-17-12(10-4-5-16-9(10)3)11-7-18-14(20)19-13(11)15/h4-7,16H,1-3H3,(H,18,19,20). The predicted octanol–water partition coefficient (Wildman–Crippen LogP) is 2.82. The van der Waals surface area contributed by atoms with Crippen LogP contribution in [0.4, 0.5) is 0 Å². The maximum absolute atomic E-state index is 11.2. The van der Waals surface area contributed by atoms with Gasteiger partial charge in [0, 0.05) is 29.9 Å². The number of aromatic amines is 2. The molecule has 5 nitrogen and oxygen atoms in total. The highest BCUT2D eigenvalue weighted by molar-refractivity contribution is 6.34. The first-order chi connectivity index (χ1) is 9.49. The van der Waals surface area contributed by atoms with Crippen LogP contribution in [0.2, 0.25) is 5.15 Å². The van der Waals surface area contributed by atoms with E-state index in [-0.39, 0.29) is 5.15 Å². The molecule has 0 aliphatic rings. The van der Waals surface area contributed by atoms with E-state index < -0.39 is 5.69 Å². The summed E-state index contributed by atoms with van der Waals surface area (Å²) in [5, 5.41) is 0.228. The van der Waals surface area contributed by atoms with E-state index in [0.717, 1.165) is 16.8 Å². The van der Waals surface area contributed by atoms with Crippen LogP contribution in [0.1, 0.15) is 30.7 Å². The first-order valence-corrected chi connectivity index (χ1v) is 6.47. The largest absolute Gasteiger partial charge is 0.365 e. The maximum atomic E-state index is 11.2. The van der Waals surface area contributed by atoms with Gasteiger partial charge < -0.3 is 4.98 Å². The summed E-state index contributed by atoms with van der Waals surface area (Å²) in [6.45, 7) is 5.86. The van der Waals surface area contributed by atoms with E-state index in [2.05, 4.69) is 19.9 Å². The molecule has 0 amide bonds. The highest BCUT2D eigenvalue weighted by atomic mass is 35.5. The summed E-state index contributed by atoms with van der Waals surface area (Å²) in [6, 6.07) is 1.91. The van der Waals surface area contributed by atoms with Gasteiger partial charge in [0.1, 0.15) is 5.15 Å². The summed E-state index contributed by atoms with van der Waals surface area (Å²) in [5.41, 5.74) is 3.71. The van der Waals surface area contributed by atoms with E-state index in [4.69, 9.17) is 11.6 Å². The van der Waals surface area contributed by atoms with E-state index >= 15 is 0 Å². The van der Waals surface area contributed by atoms with Crippen LogP contribution in [0.25, 0.3) is 0 Å². The molecular formula is C14H15ClN4O. The molecule has 0 fully saturated rings. The predicted molar refractivity (Wildman–Crippen MR) is 80.5 cm³/mol. The van der Waals surface area contributed by atoms with Gasteiger partial charge in [-0.1, -0.05) is 17.2 Å². The Kier molecular flexibility index (Phi) is 4.20. The molecule has 2 N–H and O–H groups in total. The normalized spacial score (nSPS) is 11.5. The summed E-state index contributed by atoms with van der Waals surface area (Å²) >= 11 is 6.10. The average Bonchev–Trinajstić information content (AvgIpc) is 2.78. The van der Waals surface area contributed by atoms with Crippen LogP contribution in [0.3, 0.4) is 0 Å². The van der Waals surface area contributed by atoms with Gasteiger partial charge in [0.25, 0.3) is 0 Å². The molecule has 2 rings (SSSR count). The average molecular weight is 291 g/mol. The van der Waals surface area contributed by atoms with Gasteiger partial charge in [-0.25, -0.2) is 9.78 Å². The van der Waals surface area contributed by atoms with Gasteiger partial charge in [0.2, 0.25) is 0 Å². The first-order valence-electron chi connectivity index (χ1n) is 6.09. The van der Waals surface area contributed by atoms with Gasteiger partial charge in [-0.05, 0) is 26.8 Å². The van der Waals surface area contributed by atoms with E-state index in [1.807, 2.05) is 33.0 Å². The van der Waals surface area contributed by atoms with Crippen LogP contribution in [-0.2, 0) is 0 Å². The second-order valence-electron chi connectivity index (χ2n) is 4.62. The Bertz CT molecular complexity index is 736. The Morgan fingerprint density at radius 2 is 2.15 bits per heavy atom. The van der Waals surface area contributed by atoms with Gasteiger partial charge in [-0.2, -0.15) is 0 Å². The first kappa shape index (κ1) is 14.3. The van der Waals surface area contributed by atoms with Crippen LogP contribution < -0.4 is 5.69 Å². The van der Waals surface area contributed by atoms with Crippen molar-refractivity contribution in [3.63, 3.8) is 0 Å². The fourth-order valence-electron chi connectivity index (χ4n) is 1.73. The zero-order valence-electron chi connectivity index (χ0n) is 11.5. The van der Waals surface area contributed by atoms with Crippen LogP contribution in [0, 0.1) is 6.92 Å². The van der Waals surface area contributed by atoms with Crippen molar-refractivity contribution in [1.82, 2.24) is 15.0 Å². The molecule has 0 aliphatic heterocycles. The Hall–Kier alpha value is -2.14. The van der Waals surface area contributed by atoms with Gasteiger partial charge in [0.15, 0.2) is 0 Å². The molecule has 0 atom stereocenters. The molecule has 0 saturated heterocycles. The van der Waals surface area contributed by atoms with Gasteiger partial charge in [-0.3, -0.25) is 9.98 Å². The molecule has 2 heterocycles. The topological polar surface area (TPSA) is 73.9 Å². The molecule has 0 unspecified atom stereocenters. The molecule has 0 aromatic carbocycles. The number of rotatable bonds is 3. The van der Waals surface area contributed by atoms with Crippen molar-refractivity contribution in [3.8, 4) is 0 Å². The minimum atomic E-state index is -0.480. The third-order valence-corrected chi connectivity index (χ3v) is 2.98. The second kappa shape index (κ2) is 5.88. The number of aryl methyl sites for hydroxylation is 1. The minimum Gasteiger partial charge on any atom is -0.365 e. The summed E-state index contributed by atoms with van der Waals surface area (Å²) in [6.07, 6.45) is 5.02. The van der Waals surface area contributed by atoms with Gasteiger partial charge in [-0.15, -0.1) is 0 Å². The Balaban J connectivity index is 2.64. The number of hydrogen-bond donors (Lipinski definition) is 2. The molecule has 0 spiro atoms. The molecule has 0 bridgehead atoms. The molecule has 0 saturated carbocycles. The van der Waals surface area contributed by atoms with Gasteiger partial charge in [0.05, 0.1) is 11.3 Å². The molecule has 2 aromatic rings. The van der Waals surface area contributed by atoms with E-state index in [1.54, 1.807) is 6.20 Å². The second-order valence-corrected chi connectivity index (χ2v) is 4.99. The van der Waals surface area contributed by atoms with Crippen molar-refractivity contribution >= 4 is 17.3 Å². The van der Waals surface area contributed by atoms with E-state index in [9.17, 15) is 4.79 Å². The zero-order chi connectivity index (χ0) is 14.7. The number of H-pyrrole nitrogens is 2. The van der Waals surface area contributed by atoms with Crippen LogP contribution >= 0.6 is 11.6 Å². The maximum Gasteiger partial charge on any atom is 0.346 e. The highest BCUT2D eigenvalue weighted by Crippen LogP contribution is 2.18. The summed E-state index contributed by atoms with van der Waals surface area (Å²) in [5.74, 6) is 0. The molecule has 0 radical (unpaired) electrons. The highest BCUT2D eigenvalue weighted by Gasteiger charge is 2.14. The number of hydrogen-bond acceptors (Lipinski definition) is 3. The van der Waals surface area contributed by atoms with Crippen LogP contribution in [0.15, 0.2) is 40.0 Å². The van der Waals surface area contributed by atoms with Gasteiger partial charge >= 0.3 is 5.69 Å². The number of halogens is 1. The third kappa shape index (κ3) is 3.05. The summed E-state index contributed by atoms with van der Waals surface area (Å²) in [4.78, 5) is 24.9. The lowest BCUT2D eigenvalue weighted by Crippen LogP contribution is -2.14. The number of aliphatic imine (C=N–C) groups is 1. The molecule has 6 heteroatoms. The zero-order valence-corrected chi connectivity index (χ0v) is 12.2. The third-order valence-electron chi connectivity index (χ3n) is 2.68. The smallest absolute Gasteiger partial charge is 0.346 e. The molecular weight excluding hydrogens is 276 g/mol. The minimum absolute atomic E-state index is 0.228. The van der Waals surface area contributed by atoms with Crippen molar-refractivity contribution in [1.29, 1.82) is 0 Å². The molecule has 2 aromatic heterocycles. The SMILES string of the molecule is CC(C)=CN=C(c1cc[nH]c1C)c1cnc(=O)[nH]c1Cl. The molecule has 0 aliphatic carbocycles. The van der Waals surface area contributed by atoms with Crippen molar-refractivity contribution in [2.45, 2.75) is 20.8 Å². The lowest BCUT2D eigenvalue weighted by atomic mass is 10.1. The van der Waals surface area contributed by atoms with Crippen molar-refractivity contribution in [3.05, 3.63) is 62.7 Å². The quantitative estimate of drug-likeness (QED) is 0.674. The lowest BCUT2D eigenvalue weighted by molar-refractivity contribution is 1.07. The van der Waals surface area contributed by atoms with E-state index in [0.29, 0.717) is 11.3 Å². The molecule has 104 valence electrons. The molecule has 20 heavy (non-hydrogen) atoms. The number of allylic oxidation sites excluding steroid dienone is 1. The van der Waals surface area contributed by atoms with Crippen molar-refractivity contribution in [2.75, 3.05) is 0 Å². The fourth-order valence-corrected chi connectivity index (χ4v) is 1.94. The summed E-state index contributed by atoms with van der Waals surface area (Å²) in [7, 11) is 0. The van der Waals surface area contributed by atoms with Crippen molar-refractivity contribution < 1.29 is 0 Å². The van der Waals surface area contributed by atoms with E-state index in [1.165, 1.54) is 6.20 Å². The van der Waals surface area contributed by atoms with Crippen molar-refractivity contribution in [2.24, 2.45) is 4.99 Å². The van der Waals surface area contributed by atoms with Crippen LogP contribution in [-0.4, -0.2) is 20.7 Å². The lowest BCUT2D eigenvalue weighted by Gasteiger charge is -2.07. The Morgan fingerprint density at radius 3 is 2.70 bits per heavy atom. The Morgan fingerprint density at radius 1 is 1.40 bits per heavy atom. The Labute approximate surface area is 121 Å². The number of aromatic nitrogens is 3. The number of nitrogens with one attached hydrogen (secondary N) is 2. The van der Waals surface area contributed by atoms with Crippen LogP contribution in [0.5, 0.6) is 0 Å². The monoisotopic (exact) mass is 290 g/mol. The summed E-state index contributed by atoms with van der Waals surface area (Å²) < 4.78 is 0.